The van der Waals surface area contributed by atoms with Crippen LogP contribution in [0.1, 0.15) is 22.8 Å². The van der Waals surface area contributed by atoms with E-state index in [0.29, 0.717) is 5.56 Å². The van der Waals surface area contributed by atoms with Crippen LogP contribution in [0.2, 0.25) is 0 Å². The molecule has 5 nitrogen and oxygen atoms in total. The van der Waals surface area contributed by atoms with Crippen LogP contribution in [-0.2, 0) is 5.66 Å². The fourth-order valence-corrected chi connectivity index (χ4v) is 1.69. The van der Waals surface area contributed by atoms with E-state index in [1.54, 1.807) is 19.1 Å². The number of rotatable bonds is 2. The average molecular weight is 218 g/mol. The lowest BCUT2D eigenvalue weighted by molar-refractivity contribution is 0.0690. The molecule has 1 aliphatic heterocycles. The topological polar surface area (TPSA) is 82.2 Å². The lowest BCUT2D eigenvalue weighted by Gasteiger charge is -2.20. The van der Waals surface area contributed by atoms with Gasteiger partial charge < -0.3 is 10.2 Å². The maximum atomic E-state index is 11.1. The molecule has 0 unspecified atom stereocenters. The Labute approximate surface area is 91.8 Å². The van der Waals surface area contributed by atoms with E-state index in [4.69, 9.17) is 5.11 Å². The number of aromatic hydroxyl groups is 1. The van der Waals surface area contributed by atoms with E-state index in [2.05, 4.69) is 9.98 Å². The van der Waals surface area contributed by atoms with Crippen molar-refractivity contribution in [2.45, 2.75) is 12.6 Å². The Morgan fingerprint density at radius 2 is 1.94 bits per heavy atom. The summed E-state index contributed by atoms with van der Waals surface area (Å²) < 4.78 is 0. The summed E-state index contributed by atoms with van der Waals surface area (Å²) in [6, 6.07) is 4.51. The second kappa shape index (κ2) is 3.44. The minimum atomic E-state index is -1.19. The van der Waals surface area contributed by atoms with E-state index in [9.17, 15) is 9.90 Å². The summed E-state index contributed by atoms with van der Waals surface area (Å²) >= 11 is 0. The largest absolute Gasteiger partial charge is 0.507 e. The fourth-order valence-electron chi connectivity index (χ4n) is 1.69. The highest BCUT2D eigenvalue weighted by molar-refractivity contribution is 6.17. The van der Waals surface area contributed by atoms with Crippen LogP contribution in [0.15, 0.2) is 28.2 Å². The van der Waals surface area contributed by atoms with E-state index in [-0.39, 0.29) is 11.3 Å². The van der Waals surface area contributed by atoms with E-state index in [0.717, 1.165) is 0 Å². The molecule has 0 aliphatic carbocycles. The summed E-state index contributed by atoms with van der Waals surface area (Å²) in [5.74, 6) is -1.46. The van der Waals surface area contributed by atoms with Gasteiger partial charge in [-0.25, -0.2) is 4.79 Å². The third kappa shape index (κ3) is 1.46. The van der Waals surface area contributed by atoms with Crippen molar-refractivity contribution in [2.24, 2.45) is 9.98 Å². The first kappa shape index (κ1) is 10.4. The van der Waals surface area contributed by atoms with E-state index < -0.39 is 11.6 Å². The predicted molar refractivity (Wildman–Crippen MR) is 59.4 cm³/mol. The van der Waals surface area contributed by atoms with Gasteiger partial charge in [0.05, 0.1) is 0 Å². The molecule has 2 N–H and O–H groups in total. The third-order valence-electron chi connectivity index (χ3n) is 2.49. The Bertz CT molecular complexity index is 494. The molecule has 0 fully saturated rings. The summed E-state index contributed by atoms with van der Waals surface area (Å²) in [6.45, 7) is 1.69. The van der Waals surface area contributed by atoms with Gasteiger partial charge in [-0.2, -0.15) is 0 Å². The number of benzene rings is 1. The maximum absolute atomic E-state index is 11.1. The van der Waals surface area contributed by atoms with Gasteiger partial charge >= 0.3 is 5.97 Å². The molecule has 0 bridgehead atoms. The number of carboxylic acids is 1. The number of hydrogen-bond donors (Lipinski definition) is 2. The van der Waals surface area contributed by atoms with Crippen LogP contribution in [0.5, 0.6) is 5.75 Å². The quantitative estimate of drug-likeness (QED) is 0.787. The highest BCUT2D eigenvalue weighted by Crippen LogP contribution is 2.34. The van der Waals surface area contributed by atoms with Crippen molar-refractivity contribution in [3.05, 3.63) is 29.3 Å². The summed E-state index contributed by atoms with van der Waals surface area (Å²) in [6.07, 6.45) is 3.02. The van der Waals surface area contributed by atoms with Crippen LogP contribution < -0.4 is 0 Å². The molecule has 5 heteroatoms. The van der Waals surface area contributed by atoms with Crippen molar-refractivity contribution in [1.82, 2.24) is 0 Å². The van der Waals surface area contributed by atoms with Crippen LogP contribution in [0.3, 0.4) is 0 Å². The SMILES string of the molecule is CC1(c2cccc(O)c2C(=O)O)N=CC=N1. The smallest absolute Gasteiger partial charge is 0.339 e. The highest BCUT2D eigenvalue weighted by Gasteiger charge is 2.32. The minimum absolute atomic E-state index is 0.152. The number of carboxylic acid groups (broad SMARTS) is 1. The molecule has 2 rings (SSSR count). The summed E-state index contributed by atoms with van der Waals surface area (Å²) in [7, 11) is 0. The Balaban J connectivity index is 2.66. The zero-order chi connectivity index (χ0) is 11.8. The number of aliphatic imine (C=N–C) groups is 2. The van der Waals surface area contributed by atoms with Crippen molar-refractivity contribution in [2.75, 3.05) is 0 Å². The van der Waals surface area contributed by atoms with Gasteiger partial charge in [-0.05, 0) is 13.0 Å². The van der Waals surface area contributed by atoms with E-state index in [1.165, 1.54) is 18.5 Å². The van der Waals surface area contributed by atoms with Crippen molar-refractivity contribution >= 4 is 18.4 Å². The second-order valence-electron chi connectivity index (χ2n) is 3.58. The van der Waals surface area contributed by atoms with Crippen molar-refractivity contribution in [1.29, 1.82) is 0 Å². The Morgan fingerprint density at radius 1 is 1.31 bits per heavy atom. The Hall–Kier alpha value is -2.17. The standard InChI is InChI=1S/C11H10N2O3/c1-11(12-5-6-13-11)7-3-2-4-8(14)9(7)10(15)16/h2-6,14H,1H3,(H,15,16). The summed E-state index contributed by atoms with van der Waals surface area (Å²) in [5.41, 5.74) is -0.724. The molecule has 0 spiro atoms. The zero-order valence-corrected chi connectivity index (χ0v) is 8.58. The second-order valence-corrected chi connectivity index (χ2v) is 3.58. The van der Waals surface area contributed by atoms with Gasteiger partial charge in [0.15, 0.2) is 5.66 Å². The maximum Gasteiger partial charge on any atom is 0.339 e. The predicted octanol–water partition coefficient (Wildman–Crippen LogP) is 1.42. The summed E-state index contributed by atoms with van der Waals surface area (Å²) in [5, 5.41) is 18.6. The molecule has 16 heavy (non-hydrogen) atoms. The van der Waals surface area contributed by atoms with Gasteiger partial charge in [0.2, 0.25) is 0 Å². The fraction of sp³-hybridized carbons (Fsp3) is 0.182. The first-order valence-corrected chi connectivity index (χ1v) is 4.69. The van der Waals surface area contributed by atoms with Gasteiger partial charge in [-0.3, -0.25) is 9.98 Å². The van der Waals surface area contributed by atoms with Crippen molar-refractivity contribution in [3.8, 4) is 5.75 Å². The monoisotopic (exact) mass is 218 g/mol. The average Bonchev–Trinajstić information content (AvgIpc) is 2.65. The lowest BCUT2D eigenvalue weighted by Crippen LogP contribution is -2.18. The first-order valence-electron chi connectivity index (χ1n) is 4.69. The molecule has 1 aromatic carbocycles. The van der Waals surface area contributed by atoms with Crippen LogP contribution in [0.4, 0.5) is 0 Å². The van der Waals surface area contributed by atoms with E-state index >= 15 is 0 Å². The van der Waals surface area contributed by atoms with Crippen LogP contribution in [-0.4, -0.2) is 28.6 Å². The van der Waals surface area contributed by atoms with Crippen LogP contribution >= 0.6 is 0 Å². The highest BCUT2D eigenvalue weighted by atomic mass is 16.4. The molecule has 1 aliphatic rings. The zero-order valence-electron chi connectivity index (χ0n) is 8.58. The molecule has 0 radical (unpaired) electrons. The molecular formula is C11H10N2O3. The molecular weight excluding hydrogens is 208 g/mol. The number of aromatic carboxylic acids is 1. The molecule has 82 valence electrons. The minimum Gasteiger partial charge on any atom is -0.507 e. The van der Waals surface area contributed by atoms with Crippen molar-refractivity contribution < 1.29 is 15.0 Å². The van der Waals surface area contributed by atoms with Gasteiger partial charge in [0.25, 0.3) is 0 Å². The molecule has 0 saturated heterocycles. The third-order valence-corrected chi connectivity index (χ3v) is 2.49. The summed E-state index contributed by atoms with van der Waals surface area (Å²) in [4.78, 5) is 19.3. The van der Waals surface area contributed by atoms with Gasteiger partial charge in [0.1, 0.15) is 11.3 Å². The molecule has 0 amide bonds. The number of hydrogen-bond acceptors (Lipinski definition) is 4. The van der Waals surface area contributed by atoms with E-state index in [1.807, 2.05) is 0 Å². The Kier molecular flexibility index (Phi) is 2.23. The number of nitrogens with zero attached hydrogens (tertiary/aromatic N) is 2. The van der Waals surface area contributed by atoms with Gasteiger partial charge in [-0.1, -0.05) is 12.1 Å². The van der Waals surface area contributed by atoms with Crippen LogP contribution in [0.25, 0.3) is 0 Å². The normalized spacial score (nSPS) is 16.6. The Morgan fingerprint density at radius 3 is 2.50 bits per heavy atom. The lowest BCUT2D eigenvalue weighted by atomic mass is 9.96. The molecule has 0 saturated carbocycles. The molecule has 1 heterocycles. The van der Waals surface area contributed by atoms with Gasteiger partial charge in [0, 0.05) is 18.0 Å². The number of phenols is 1. The molecule has 0 aromatic heterocycles. The first-order chi connectivity index (χ1) is 7.54. The van der Waals surface area contributed by atoms with Crippen LogP contribution in [0, 0.1) is 0 Å². The molecule has 0 atom stereocenters. The molecule has 1 aromatic rings. The van der Waals surface area contributed by atoms with Crippen molar-refractivity contribution in [3.63, 3.8) is 0 Å². The number of carbonyl (C=O) groups is 1. The van der Waals surface area contributed by atoms with Gasteiger partial charge in [-0.15, -0.1) is 0 Å².